The molecule has 4 rings (SSSR count). The fourth-order valence-corrected chi connectivity index (χ4v) is 6.58. The van der Waals surface area contributed by atoms with E-state index in [1.165, 1.54) is 11.0 Å². The van der Waals surface area contributed by atoms with E-state index in [2.05, 4.69) is 5.32 Å². The number of amides is 2. The van der Waals surface area contributed by atoms with Crippen molar-refractivity contribution in [3.8, 4) is 0 Å². The summed E-state index contributed by atoms with van der Waals surface area (Å²) in [5, 5.41) is 3.48. The summed E-state index contributed by atoms with van der Waals surface area (Å²) in [5.41, 5.74) is -0.351. The summed E-state index contributed by atoms with van der Waals surface area (Å²) in [6.45, 7) is -1.13. The Hall–Kier alpha value is -3.28. The van der Waals surface area contributed by atoms with Crippen LogP contribution in [0.5, 0.6) is 0 Å². The van der Waals surface area contributed by atoms with E-state index in [-0.39, 0.29) is 34.7 Å². The monoisotopic (exact) mass is 669 g/mol. The summed E-state index contributed by atoms with van der Waals surface area (Å²) in [6, 6.07) is 16.2. The van der Waals surface area contributed by atoms with Crippen LogP contribution in [0.1, 0.15) is 42.4 Å². The highest BCUT2D eigenvalue weighted by Gasteiger charge is 2.36. The average Bonchev–Trinajstić information content (AvgIpc) is 3.47. The van der Waals surface area contributed by atoms with Crippen molar-refractivity contribution in [2.24, 2.45) is 0 Å². The number of hydrogen-bond acceptors (Lipinski definition) is 4. The first-order valence-corrected chi connectivity index (χ1v) is 16.6. The Kier molecular flexibility index (Phi) is 10.9. The first-order valence-electron chi connectivity index (χ1n) is 14.0. The molecule has 7 nitrogen and oxygen atoms in total. The number of carbonyl (C=O) groups excluding carboxylic acids is 2. The molecule has 0 spiro atoms. The Balaban J connectivity index is 1.78. The van der Waals surface area contributed by atoms with Gasteiger partial charge in [-0.1, -0.05) is 78.5 Å². The molecule has 236 valence electrons. The molecule has 0 aliphatic heterocycles. The van der Waals surface area contributed by atoms with Crippen LogP contribution in [0.25, 0.3) is 0 Å². The summed E-state index contributed by atoms with van der Waals surface area (Å²) < 4.78 is 66.9. The number of sulfonamides is 1. The summed E-state index contributed by atoms with van der Waals surface area (Å²) in [5.74, 6) is -1.27. The number of anilines is 1. The van der Waals surface area contributed by atoms with Crippen LogP contribution >= 0.6 is 23.2 Å². The molecule has 13 heteroatoms. The highest BCUT2D eigenvalue weighted by molar-refractivity contribution is 7.92. The van der Waals surface area contributed by atoms with Crippen molar-refractivity contribution in [3.63, 3.8) is 0 Å². The number of nitrogens with one attached hydrogen (secondary N) is 1. The van der Waals surface area contributed by atoms with Crippen molar-refractivity contribution in [1.29, 1.82) is 0 Å². The summed E-state index contributed by atoms with van der Waals surface area (Å²) in [7, 11) is -4.26. The molecule has 3 aromatic rings. The highest BCUT2D eigenvalue weighted by Crippen LogP contribution is 2.33. The number of alkyl halides is 3. The van der Waals surface area contributed by atoms with Crippen LogP contribution in [-0.2, 0) is 38.8 Å². The fourth-order valence-electron chi connectivity index (χ4n) is 5.23. The van der Waals surface area contributed by atoms with E-state index in [1.54, 1.807) is 42.5 Å². The third-order valence-corrected chi connectivity index (χ3v) is 9.35. The van der Waals surface area contributed by atoms with Gasteiger partial charge in [-0.2, -0.15) is 13.2 Å². The smallest absolute Gasteiger partial charge is 0.352 e. The maximum atomic E-state index is 14.2. The molecule has 0 saturated heterocycles. The number of benzene rings is 3. The Morgan fingerprint density at radius 1 is 0.955 bits per heavy atom. The van der Waals surface area contributed by atoms with Crippen LogP contribution in [0.2, 0.25) is 10.0 Å². The largest absolute Gasteiger partial charge is 0.416 e. The van der Waals surface area contributed by atoms with Gasteiger partial charge < -0.3 is 10.2 Å². The molecule has 1 aliphatic carbocycles. The number of halogens is 5. The van der Waals surface area contributed by atoms with Crippen molar-refractivity contribution in [1.82, 2.24) is 10.2 Å². The van der Waals surface area contributed by atoms with Gasteiger partial charge in [0.2, 0.25) is 21.8 Å². The zero-order chi connectivity index (χ0) is 32.1. The van der Waals surface area contributed by atoms with Crippen LogP contribution in [0.4, 0.5) is 18.9 Å². The maximum Gasteiger partial charge on any atom is 0.416 e. The Bertz CT molecular complexity index is 1560. The van der Waals surface area contributed by atoms with Crippen LogP contribution < -0.4 is 9.62 Å². The first-order chi connectivity index (χ1) is 20.7. The molecule has 2 amide bonds. The molecule has 0 heterocycles. The Labute approximate surface area is 265 Å². The van der Waals surface area contributed by atoms with E-state index in [4.69, 9.17) is 23.2 Å². The van der Waals surface area contributed by atoms with Crippen molar-refractivity contribution in [3.05, 3.63) is 99.5 Å². The molecule has 0 aromatic heterocycles. The summed E-state index contributed by atoms with van der Waals surface area (Å²) in [6.07, 6.45) is -0.398. The van der Waals surface area contributed by atoms with Crippen molar-refractivity contribution in [2.75, 3.05) is 17.1 Å². The highest BCUT2D eigenvalue weighted by atomic mass is 35.5. The van der Waals surface area contributed by atoms with Gasteiger partial charge in [0.25, 0.3) is 0 Å². The van der Waals surface area contributed by atoms with Gasteiger partial charge in [0.15, 0.2) is 0 Å². The predicted molar refractivity (Wildman–Crippen MR) is 165 cm³/mol. The molecule has 1 atom stereocenters. The van der Waals surface area contributed by atoms with Gasteiger partial charge >= 0.3 is 6.18 Å². The molecular formula is C31H32Cl2F3N3O4S. The van der Waals surface area contributed by atoms with Gasteiger partial charge in [-0.15, -0.1) is 0 Å². The molecule has 0 unspecified atom stereocenters. The lowest BCUT2D eigenvalue weighted by atomic mass is 10.0. The number of rotatable bonds is 11. The lowest BCUT2D eigenvalue weighted by Gasteiger charge is -2.34. The minimum absolute atomic E-state index is 0.0790. The topological polar surface area (TPSA) is 86.8 Å². The normalized spacial score (nSPS) is 14.7. The predicted octanol–water partition coefficient (Wildman–Crippen LogP) is 6.48. The molecule has 0 radical (unpaired) electrons. The number of nitrogens with zero attached hydrogens (tertiary/aromatic N) is 2. The quantitative estimate of drug-likeness (QED) is 0.253. The molecular weight excluding hydrogens is 638 g/mol. The van der Waals surface area contributed by atoms with Gasteiger partial charge in [-0.25, -0.2) is 8.42 Å². The number of hydrogen-bond donors (Lipinski definition) is 1. The lowest BCUT2D eigenvalue weighted by Crippen LogP contribution is -2.54. The van der Waals surface area contributed by atoms with Crippen molar-refractivity contribution < 1.29 is 31.2 Å². The molecule has 3 aromatic carbocycles. The summed E-state index contributed by atoms with van der Waals surface area (Å²) in [4.78, 5) is 29.3. The minimum atomic E-state index is -4.74. The fraction of sp³-hybridized carbons (Fsp3) is 0.355. The van der Waals surface area contributed by atoms with E-state index in [1.807, 2.05) is 6.07 Å². The van der Waals surface area contributed by atoms with E-state index >= 15 is 0 Å². The van der Waals surface area contributed by atoms with Gasteiger partial charge in [0, 0.05) is 34.6 Å². The molecule has 0 bridgehead atoms. The second-order valence-electron chi connectivity index (χ2n) is 10.7. The molecule has 1 saturated carbocycles. The summed E-state index contributed by atoms with van der Waals surface area (Å²) >= 11 is 12.9. The van der Waals surface area contributed by atoms with E-state index in [9.17, 15) is 31.2 Å². The van der Waals surface area contributed by atoms with Crippen LogP contribution in [0.15, 0.2) is 72.8 Å². The van der Waals surface area contributed by atoms with Crippen LogP contribution in [0, 0.1) is 0 Å². The van der Waals surface area contributed by atoms with Gasteiger partial charge in [0.1, 0.15) is 12.6 Å². The lowest BCUT2D eigenvalue weighted by molar-refractivity contribution is -0.140. The first kappa shape index (κ1) is 33.6. The van der Waals surface area contributed by atoms with Gasteiger partial charge in [-0.05, 0) is 48.7 Å². The zero-order valence-corrected chi connectivity index (χ0v) is 26.2. The molecule has 1 aliphatic rings. The Morgan fingerprint density at radius 2 is 1.57 bits per heavy atom. The van der Waals surface area contributed by atoms with E-state index in [0.717, 1.165) is 49.6 Å². The van der Waals surface area contributed by atoms with Crippen LogP contribution in [0.3, 0.4) is 0 Å². The van der Waals surface area contributed by atoms with E-state index < -0.39 is 46.2 Å². The van der Waals surface area contributed by atoms with Gasteiger partial charge in [0.05, 0.1) is 17.5 Å². The van der Waals surface area contributed by atoms with E-state index in [0.29, 0.717) is 15.9 Å². The third kappa shape index (κ3) is 8.67. The third-order valence-electron chi connectivity index (χ3n) is 7.50. The Morgan fingerprint density at radius 3 is 2.16 bits per heavy atom. The van der Waals surface area contributed by atoms with Crippen LogP contribution in [-0.4, -0.2) is 50.0 Å². The molecule has 1 fully saturated rings. The second-order valence-corrected chi connectivity index (χ2v) is 13.5. The average molecular weight is 671 g/mol. The molecule has 1 N–H and O–H groups in total. The standard InChI is InChI=1S/C31H32Cl2F3N3O4S/c1-44(42,43)39(24-14-7-11-22(18-24)31(34,35)36)20-29(40)38(19-25-26(32)15-8-16-27(25)33)28(17-21-9-3-2-4-10-21)30(41)37-23-12-5-6-13-23/h2-4,7-11,14-16,18,23,28H,5-6,12-13,17,19-20H2,1H3,(H,37,41)/t28-/m1/s1. The SMILES string of the molecule is CS(=O)(=O)N(CC(=O)N(Cc1c(Cl)cccc1Cl)[C@H](Cc1ccccc1)C(=O)NC1CCCC1)c1cccc(C(F)(F)F)c1. The maximum absolute atomic E-state index is 14.2. The second kappa shape index (κ2) is 14.2. The van der Waals surface area contributed by atoms with Crippen molar-refractivity contribution >= 4 is 50.7 Å². The minimum Gasteiger partial charge on any atom is -0.352 e. The van der Waals surface area contributed by atoms with Gasteiger partial charge in [-0.3, -0.25) is 13.9 Å². The van der Waals surface area contributed by atoms with Crippen molar-refractivity contribution in [2.45, 2.75) is 56.9 Å². The number of carbonyl (C=O) groups is 2. The zero-order valence-electron chi connectivity index (χ0n) is 23.9. The molecule has 44 heavy (non-hydrogen) atoms.